The number of aryl methyl sites for hydroxylation is 1. The highest BCUT2D eigenvalue weighted by molar-refractivity contribution is 5.79. The molecule has 1 aromatic heterocycles. The van der Waals surface area contributed by atoms with E-state index < -0.39 is 18.6 Å². The van der Waals surface area contributed by atoms with E-state index in [0.29, 0.717) is 19.5 Å². The van der Waals surface area contributed by atoms with Crippen LogP contribution in [-0.2, 0) is 18.4 Å². The Kier molecular flexibility index (Phi) is 4.92. The molecule has 1 aliphatic heterocycles. The topological polar surface area (TPSA) is 37.3 Å². The molecule has 0 unspecified atom stereocenters. The van der Waals surface area contributed by atoms with E-state index in [1.807, 2.05) is 35.3 Å². The largest absolute Gasteiger partial charge is 0.405 e. The standard InChI is InChI=1S/C14H20F3N3O/c1-19-6-3-5-12(19)9-20-7-2-4-11(8-20)13(21)18-10-14(15,16)17/h3,5-6,11H,2,4,7-10H2,1H3,(H,18,21)/t11-/m0/s1. The highest BCUT2D eigenvalue weighted by atomic mass is 19.4. The van der Waals surface area contributed by atoms with Gasteiger partial charge in [-0.05, 0) is 31.5 Å². The lowest BCUT2D eigenvalue weighted by atomic mass is 9.97. The molecule has 2 rings (SSSR count). The molecular weight excluding hydrogens is 283 g/mol. The fourth-order valence-corrected chi connectivity index (χ4v) is 2.63. The number of nitrogens with zero attached hydrogens (tertiary/aromatic N) is 2. The average Bonchev–Trinajstić information content (AvgIpc) is 2.81. The van der Waals surface area contributed by atoms with Crippen LogP contribution in [0.1, 0.15) is 18.5 Å². The molecule has 1 aromatic rings. The molecule has 7 heteroatoms. The number of piperidine rings is 1. The number of hydrogen-bond acceptors (Lipinski definition) is 2. The van der Waals surface area contributed by atoms with Crippen LogP contribution in [0.5, 0.6) is 0 Å². The molecule has 2 heterocycles. The van der Waals surface area contributed by atoms with E-state index in [1.54, 1.807) is 0 Å². The van der Waals surface area contributed by atoms with Crippen molar-refractivity contribution in [3.8, 4) is 0 Å². The number of alkyl halides is 3. The van der Waals surface area contributed by atoms with Gasteiger partial charge in [0, 0.05) is 32.0 Å². The minimum atomic E-state index is -4.35. The number of rotatable bonds is 4. The smallest absolute Gasteiger partial charge is 0.353 e. The summed E-state index contributed by atoms with van der Waals surface area (Å²) in [4.78, 5) is 13.9. The maximum Gasteiger partial charge on any atom is 0.405 e. The van der Waals surface area contributed by atoms with Crippen LogP contribution < -0.4 is 5.32 Å². The van der Waals surface area contributed by atoms with Gasteiger partial charge in [-0.15, -0.1) is 0 Å². The van der Waals surface area contributed by atoms with Crippen LogP contribution in [0.4, 0.5) is 13.2 Å². The summed E-state index contributed by atoms with van der Waals surface area (Å²) in [6, 6.07) is 3.96. The maximum atomic E-state index is 12.1. The second-order valence-corrected chi connectivity index (χ2v) is 5.52. The first-order chi connectivity index (χ1) is 9.85. The number of nitrogens with one attached hydrogen (secondary N) is 1. The molecule has 1 amide bonds. The van der Waals surface area contributed by atoms with E-state index >= 15 is 0 Å². The van der Waals surface area contributed by atoms with Gasteiger partial charge in [-0.25, -0.2) is 0 Å². The third-order valence-corrected chi connectivity index (χ3v) is 3.78. The Morgan fingerprint density at radius 1 is 1.48 bits per heavy atom. The Labute approximate surface area is 121 Å². The minimum Gasteiger partial charge on any atom is -0.353 e. The third kappa shape index (κ3) is 4.77. The molecule has 0 spiro atoms. The first-order valence-corrected chi connectivity index (χ1v) is 7.02. The molecule has 0 bridgehead atoms. The number of halogens is 3. The zero-order valence-corrected chi connectivity index (χ0v) is 12.0. The molecule has 118 valence electrons. The van der Waals surface area contributed by atoms with E-state index in [0.717, 1.165) is 18.7 Å². The summed E-state index contributed by atoms with van der Waals surface area (Å²) in [5.41, 5.74) is 1.13. The van der Waals surface area contributed by atoms with Gasteiger partial charge in [-0.3, -0.25) is 9.69 Å². The Hall–Kier alpha value is -1.50. The fraction of sp³-hybridized carbons (Fsp3) is 0.643. The van der Waals surface area contributed by atoms with Gasteiger partial charge in [0.15, 0.2) is 0 Å². The van der Waals surface area contributed by atoms with Crippen molar-refractivity contribution in [1.29, 1.82) is 0 Å². The van der Waals surface area contributed by atoms with Crippen molar-refractivity contribution in [1.82, 2.24) is 14.8 Å². The van der Waals surface area contributed by atoms with Crippen molar-refractivity contribution in [3.63, 3.8) is 0 Å². The minimum absolute atomic E-state index is 0.360. The highest BCUT2D eigenvalue weighted by Gasteiger charge is 2.31. The van der Waals surface area contributed by atoms with Crippen LogP contribution in [0, 0.1) is 5.92 Å². The molecule has 1 atom stereocenters. The number of carbonyl (C=O) groups is 1. The van der Waals surface area contributed by atoms with Crippen LogP contribution in [0.15, 0.2) is 18.3 Å². The van der Waals surface area contributed by atoms with Crippen molar-refractivity contribution in [2.75, 3.05) is 19.6 Å². The molecule has 0 radical (unpaired) electrons. The molecule has 1 saturated heterocycles. The van der Waals surface area contributed by atoms with Crippen molar-refractivity contribution < 1.29 is 18.0 Å². The molecule has 1 N–H and O–H groups in total. The maximum absolute atomic E-state index is 12.1. The number of carbonyl (C=O) groups excluding carboxylic acids is 1. The van der Waals surface area contributed by atoms with Crippen molar-refractivity contribution in [3.05, 3.63) is 24.0 Å². The van der Waals surface area contributed by atoms with Crippen molar-refractivity contribution >= 4 is 5.91 Å². The number of aromatic nitrogens is 1. The van der Waals surface area contributed by atoms with E-state index in [-0.39, 0.29) is 5.92 Å². The molecule has 21 heavy (non-hydrogen) atoms. The average molecular weight is 303 g/mol. The van der Waals surface area contributed by atoms with Crippen LogP contribution in [0.25, 0.3) is 0 Å². The van der Waals surface area contributed by atoms with Crippen molar-refractivity contribution in [2.24, 2.45) is 13.0 Å². The first kappa shape index (κ1) is 15.9. The summed E-state index contributed by atoms with van der Waals surface area (Å²) in [6.45, 7) is 0.843. The Morgan fingerprint density at radius 2 is 2.24 bits per heavy atom. The molecule has 0 saturated carbocycles. The molecular formula is C14H20F3N3O. The van der Waals surface area contributed by atoms with Gasteiger partial charge in [0.05, 0.1) is 5.92 Å². The number of hydrogen-bond donors (Lipinski definition) is 1. The lowest BCUT2D eigenvalue weighted by Crippen LogP contribution is -2.45. The SMILES string of the molecule is Cn1cccc1CN1CCC[C@H](C(=O)NCC(F)(F)F)C1. The lowest BCUT2D eigenvalue weighted by Gasteiger charge is -2.32. The van der Waals surface area contributed by atoms with Gasteiger partial charge in [0.1, 0.15) is 6.54 Å². The molecule has 1 aliphatic rings. The van der Waals surface area contributed by atoms with Crippen LogP contribution in [-0.4, -0.2) is 41.2 Å². The van der Waals surface area contributed by atoms with Crippen LogP contribution >= 0.6 is 0 Å². The Balaban J connectivity index is 1.85. The Bertz CT molecular complexity index is 484. The quantitative estimate of drug-likeness (QED) is 0.922. The summed E-state index contributed by atoms with van der Waals surface area (Å²) < 4.78 is 38.4. The summed E-state index contributed by atoms with van der Waals surface area (Å²) in [6.07, 6.45) is -0.929. The third-order valence-electron chi connectivity index (χ3n) is 3.78. The van der Waals surface area contributed by atoms with Gasteiger partial charge in [0.2, 0.25) is 5.91 Å². The first-order valence-electron chi connectivity index (χ1n) is 7.02. The second-order valence-electron chi connectivity index (χ2n) is 5.52. The highest BCUT2D eigenvalue weighted by Crippen LogP contribution is 2.19. The van der Waals surface area contributed by atoms with Crippen molar-refractivity contribution in [2.45, 2.75) is 25.6 Å². The molecule has 0 aromatic carbocycles. The zero-order valence-electron chi connectivity index (χ0n) is 12.0. The van der Waals surface area contributed by atoms with E-state index in [9.17, 15) is 18.0 Å². The predicted octanol–water partition coefficient (Wildman–Crippen LogP) is 1.92. The number of likely N-dealkylation sites (tertiary alicyclic amines) is 1. The van der Waals surface area contributed by atoms with Gasteiger partial charge >= 0.3 is 6.18 Å². The number of amides is 1. The van der Waals surface area contributed by atoms with E-state index in [4.69, 9.17) is 0 Å². The fourth-order valence-electron chi connectivity index (χ4n) is 2.63. The summed E-state index contributed by atoms with van der Waals surface area (Å²) in [5.74, 6) is -0.856. The van der Waals surface area contributed by atoms with Gasteiger partial charge in [-0.1, -0.05) is 0 Å². The van der Waals surface area contributed by atoms with Gasteiger partial charge in [-0.2, -0.15) is 13.2 Å². The van der Waals surface area contributed by atoms with Crippen LogP contribution in [0.3, 0.4) is 0 Å². The molecule has 4 nitrogen and oxygen atoms in total. The summed E-state index contributed by atoms with van der Waals surface area (Å²) >= 11 is 0. The monoisotopic (exact) mass is 303 g/mol. The second kappa shape index (κ2) is 6.51. The summed E-state index contributed by atoms with van der Waals surface area (Å²) in [5, 5.41) is 1.99. The summed E-state index contributed by atoms with van der Waals surface area (Å²) in [7, 11) is 1.95. The predicted molar refractivity (Wildman–Crippen MR) is 72.5 cm³/mol. The normalized spacial score (nSPS) is 20.5. The van der Waals surface area contributed by atoms with Gasteiger partial charge < -0.3 is 9.88 Å². The molecule has 1 fully saturated rings. The van der Waals surface area contributed by atoms with E-state index in [1.165, 1.54) is 0 Å². The van der Waals surface area contributed by atoms with Crippen LogP contribution in [0.2, 0.25) is 0 Å². The zero-order chi connectivity index (χ0) is 15.5. The van der Waals surface area contributed by atoms with Gasteiger partial charge in [0.25, 0.3) is 0 Å². The van der Waals surface area contributed by atoms with E-state index in [2.05, 4.69) is 4.90 Å². The Morgan fingerprint density at radius 3 is 2.86 bits per heavy atom. The molecule has 0 aliphatic carbocycles. The lowest BCUT2D eigenvalue weighted by molar-refractivity contribution is -0.141.